The average Bonchev–Trinajstić information content (AvgIpc) is 3.01. The molecule has 0 atom stereocenters. The molecule has 6 heteroatoms. The number of anilines is 1. The predicted octanol–water partition coefficient (Wildman–Crippen LogP) is 3.07. The molecule has 2 heterocycles. The molecule has 3 N–H and O–H groups in total. The zero-order chi connectivity index (χ0) is 17.8. The first-order chi connectivity index (χ1) is 12.0. The number of rotatable bonds is 6. The van der Waals surface area contributed by atoms with E-state index in [0.29, 0.717) is 34.5 Å². The third-order valence-electron chi connectivity index (χ3n) is 4.39. The summed E-state index contributed by atoms with van der Waals surface area (Å²) in [5, 5.41) is 11.4. The van der Waals surface area contributed by atoms with E-state index in [0.717, 1.165) is 13.1 Å². The number of carbonyl (C=O) groups excluding carboxylic acids is 2. The fraction of sp³-hybridized carbons (Fsp3) is 0.368. The Hall–Kier alpha value is -2.18. The lowest BCUT2D eigenvalue weighted by Crippen LogP contribution is -2.48. The minimum atomic E-state index is -0.199. The Kier molecular flexibility index (Phi) is 5.50. The zero-order valence-electron chi connectivity index (χ0n) is 14.5. The van der Waals surface area contributed by atoms with E-state index in [4.69, 9.17) is 0 Å². The normalized spacial score (nSPS) is 14.2. The van der Waals surface area contributed by atoms with E-state index in [9.17, 15) is 9.59 Å². The van der Waals surface area contributed by atoms with Gasteiger partial charge in [0.25, 0.3) is 11.8 Å². The van der Waals surface area contributed by atoms with Gasteiger partial charge in [-0.25, -0.2) is 0 Å². The predicted molar refractivity (Wildman–Crippen MR) is 101 cm³/mol. The lowest BCUT2D eigenvalue weighted by atomic mass is 10.0. The first kappa shape index (κ1) is 17.6. The molecule has 1 aliphatic heterocycles. The fourth-order valence-corrected chi connectivity index (χ4v) is 3.38. The summed E-state index contributed by atoms with van der Waals surface area (Å²) in [6.45, 7) is 6.78. The maximum Gasteiger partial charge on any atom is 0.256 e. The Labute approximate surface area is 151 Å². The van der Waals surface area contributed by atoms with Crippen molar-refractivity contribution < 1.29 is 9.59 Å². The first-order valence-corrected chi connectivity index (χ1v) is 9.40. The van der Waals surface area contributed by atoms with E-state index < -0.39 is 0 Å². The topological polar surface area (TPSA) is 70.2 Å². The van der Waals surface area contributed by atoms with Crippen molar-refractivity contribution in [2.75, 3.05) is 25.0 Å². The molecule has 1 saturated heterocycles. The molecule has 0 radical (unpaired) electrons. The number of amides is 2. The van der Waals surface area contributed by atoms with E-state index >= 15 is 0 Å². The summed E-state index contributed by atoms with van der Waals surface area (Å²) in [5.74, 6) is 0.587. The summed E-state index contributed by atoms with van der Waals surface area (Å²) in [4.78, 5) is 24.8. The van der Waals surface area contributed by atoms with E-state index in [2.05, 4.69) is 29.8 Å². The van der Waals surface area contributed by atoms with Crippen LogP contribution in [0.3, 0.4) is 0 Å². The quantitative estimate of drug-likeness (QED) is 0.744. The van der Waals surface area contributed by atoms with Crippen LogP contribution in [0.4, 0.5) is 5.00 Å². The second kappa shape index (κ2) is 7.80. The molecule has 132 valence electrons. The second-order valence-electron chi connectivity index (χ2n) is 6.63. The van der Waals surface area contributed by atoms with Crippen LogP contribution >= 0.6 is 11.3 Å². The molecular formula is C19H23N3O2S. The van der Waals surface area contributed by atoms with E-state index in [1.54, 1.807) is 6.07 Å². The van der Waals surface area contributed by atoms with Gasteiger partial charge < -0.3 is 16.0 Å². The lowest BCUT2D eigenvalue weighted by Gasteiger charge is -2.27. The van der Waals surface area contributed by atoms with Gasteiger partial charge in [-0.3, -0.25) is 9.59 Å². The molecule has 1 fully saturated rings. The molecule has 0 aliphatic carbocycles. The smallest absolute Gasteiger partial charge is 0.256 e. The third kappa shape index (κ3) is 4.27. The third-order valence-corrected chi connectivity index (χ3v) is 5.22. The highest BCUT2D eigenvalue weighted by Gasteiger charge is 2.20. The van der Waals surface area contributed by atoms with E-state index in [-0.39, 0.29) is 11.8 Å². The van der Waals surface area contributed by atoms with Gasteiger partial charge in [0.2, 0.25) is 0 Å². The van der Waals surface area contributed by atoms with Gasteiger partial charge in [-0.05, 0) is 35.1 Å². The Morgan fingerprint density at radius 3 is 2.48 bits per heavy atom. The summed E-state index contributed by atoms with van der Waals surface area (Å²) in [5.41, 5.74) is 2.30. The van der Waals surface area contributed by atoms with Crippen molar-refractivity contribution >= 4 is 28.2 Å². The van der Waals surface area contributed by atoms with Gasteiger partial charge in [0.05, 0.1) is 5.56 Å². The number of thiophene rings is 1. The van der Waals surface area contributed by atoms with Gasteiger partial charge in [0.15, 0.2) is 0 Å². The number of carbonyl (C=O) groups is 2. The Bertz CT molecular complexity index is 748. The molecule has 2 aromatic rings. The summed E-state index contributed by atoms with van der Waals surface area (Å²) in [6.07, 6.45) is 0. The van der Waals surface area contributed by atoms with Crippen molar-refractivity contribution in [3.8, 4) is 0 Å². The van der Waals surface area contributed by atoms with Crippen molar-refractivity contribution in [3.63, 3.8) is 0 Å². The first-order valence-electron chi connectivity index (χ1n) is 8.52. The second-order valence-corrected chi connectivity index (χ2v) is 7.54. The summed E-state index contributed by atoms with van der Waals surface area (Å²) in [6, 6.07) is 9.32. The van der Waals surface area contributed by atoms with Gasteiger partial charge in [-0.15, -0.1) is 11.3 Å². The molecule has 0 saturated carbocycles. The van der Waals surface area contributed by atoms with Crippen LogP contribution in [0.2, 0.25) is 0 Å². The molecular weight excluding hydrogens is 334 g/mol. The van der Waals surface area contributed by atoms with Crippen molar-refractivity contribution in [1.29, 1.82) is 0 Å². The van der Waals surface area contributed by atoms with Crippen molar-refractivity contribution in [2.45, 2.75) is 19.8 Å². The van der Waals surface area contributed by atoms with Crippen LogP contribution in [0.1, 0.15) is 46.0 Å². The lowest BCUT2D eigenvalue weighted by molar-refractivity contribution is 0.0943. The number of benzene rings is 1. The zero-order valence-corrected chi connectivity index (χ0v) is 15.3. The highest BCUT2D eigenvalue weighted by atomic mass is 32.1. The van der Waals surface area contributed by atoms with Crippen LogP contribution < -0.4 is 16.0 Å². The van der Waals surface area contributed by atoms with Gasteiger partial charge in [-0.1, -0.05) is 26.0 Å². The maximum atomic E-state index is 12.4. The van der Waals surface area contributed by atoms with Gasteiger partial charge >= 0.3 is 0 Å². The van der Waals surface area contributed by atoms with Crippen LogP contribution in [0.25, 0.3) is 0 Å². The minimum absolute atomic E-state index is 0.140. The largest absolute Gasteiger partial charge is 0.352 e. The number of hydrogen-bond donors (Lipinski definition) is 3. The minimum Gasteiger partial charge on any atom is -0.352 e. The highest BCUT2D eigenvalue weighted by Crippen LogP contribution is 2.24. The number of nitrogens with one attached hydrogen (secondary N) is 3. The fourth-order valence-electron chi connectivity index (χ4n) is 2.60. The van der Waals surface area contributed by atoms with Gasteiger partial charge in [0.1, 0.15) is 5.00 Å². The molecule has 2 amide bonds. The molecule has 0 bridgehead atoms. The Morgan fingerprint density at radius 1 is 1.16 bits per heavy atom. The molecule has 0 spiro atoms. The average molecular weight is 357 g/mol. The maximum absolute atomic E-state index is 12.4. The van der Waals surface area contributed by atoms with Crippen LogP contribution in [0.15, 0.2) is 35.7 Å². The van der Waals surface area contributed by atoms with Crippen LogP contribution in [0.5, 0.6) is 0 Å². The molecule has 1 aromatic carbocycles. The molecule has 3 rings (SSSR count). The van der Waals surface area contributed by atoms with E-state index in [1.807, 2.05) is 29.6 Å². The van der Waals surface area contributed by atoms with Gasteiger partial charge in [-0.2, -0.15) is 0 Å². The summed E-state index contributed by atoms with van der Waals surface area (Å²) < 4.78 is 0. The van der Waals surface area contributed by atoms with Crippen LogP contribution in [-0.4, -0.2) is 31.4 Å². The summed E-state index contributed by atoms with van der Waals surface area (Å²) in [7, 11) is 0. The SMILES string of the molecule is CC(C)c1ccc(C(=O)Nc2sccc2C(=O)NCC2CNC2)cc1. The highest BCUT2D eigenvalue weighted by molar-refractivity contribution is 7.14. The summed E-state index contributed by atoms with van der Waals surface area (Å²) >= 11 is 1.36. The standard InChI is InChI=1S/C19H23N3O2S/c1-12(2)14-3-5-15(6-4-14)17(23)22-19-16(7-8-25-19)18(24)21-11-13-9-20-10-13/h3-8,12-13,20H,9-11H2,1-2H3,(H,21,24)(H,22,23). The monoisotopic (exact) mass is 357 g/mol. The molecule has 0 unspecified atom stereocenters. The molecule has 1 aliphatic rings. The van der Waals surface area contributed by atoms with Crippen molar-refractivity contribution in [2.24, 2.45) is 5.92 Å². The number of hydrogen-bond acceptors (Lipinski definition) is 4. The van der Waals surface area contributed by atoms with E-state index in [1.165, 1.54) is 16.9 Å². The molecule has 1 aromatic heterocycles. The molecule has 25 heavy (non-hydrogen) atoms. The van der Waals surface area contributed by atoms with Crippen LogP contribution in [-0.2, 0) is 0 Å². The van der Waals surface area contributed by atoms with Gasteiger partial charge in [0, 0.05) is 31.1 Å². The van der Waals surface area contributed by atoms with Crippen molar-refractivity contribution in [1.82, 2.24) is 10.6 Å². The van der Waals surface area contributed by atoms with Crippen molar-refractivity contribution in [3.05, 3.63) is 52.4 Å². The molecule has 5 nitrogen and oxygen atoms in total. The Balaban J connectivity index is 1.63. The van der Waals surface area contributed by atoms with Crippen LogP contribution in [0, 0.1) is 5.92 Å². The Morgan fingerprint density at radius 2 is 1.88 bits per heavy atom.